The Morgan fingerprint density at radius 2 is 2.00 bits per heavy atom. The van der Waals surface area contributed by atoms with Crippen LogP contribution in [-0.4, -0.2) is 21.9 Å². The van der Waals surface area contributed by atoms with E-state index in [9.17, 15) is 0 Å². The number of anilines is 1. The first-order valence-electron chi connectivity index (χ1n) is 6.69. The van der Waals surface area contributed by atoms with Crippen molar-refractivity contribution in [1.29, 1.82) is 0 Å². The maximum atomic E-state index is 5.29. The Morgan fingerprint density at radius 1 is 1.10 bits per heavy atom. The van der Waals surface area contributed by atoms with Gasteiger partial charge in [-0.15, -0.1) is 0 Å². The number of rotatable bonds is 5. The van der Waals surface area contributed by atoms with Gasteiger partial charge in [-0.05, 0) is 29.8 Å². The van der Waals surface area contributed by atoms with Gasteiger partial charge in [0.2, 0.25) is 0 Å². The average Bonchev–Trinajstić information content (AvgIpc) is 3.08. The smallest absolute Gasteiger partial charge is 0.168 e. The van der Waals surface area contributed by atoms with Crippen LogP contribution in [0, 0.1) is 0 Å². The Hall–Kier alpha value is -2.82. The molecule has 0 saturated heterocycles. The van der Waals surface area contributed by atoms with Crippen molar-refractivity contribution in [1.82, 2.24) is 14.8 Å². The molecular weight excluding hydrogens is 264 g/mol. The normalized spacial score (nSPS) is 10.3. The van der Waals surface area contributed by atoms with E-state index in [0.29, 0.717) is 6.54 Å². The Morgan fingerprint density at radius 3 is 2.81 bits per heavy atom. The number of methoxy groups -OCH3 is 1. The molecule has 0 fully saturated rings. The highest BCUT2D eigenvalue weighted by Crippen LogP contribution is 2.22. The van der Waals surface area contributed by atoms with Crippen LogP contribution in [0.5, 0.6) is 5.75 Å². The molecule has 0 bridgehead atoms. The summed E-state index contributed by atoms with van der Waals surface area (Å²) in [6.45, 7) is 0.642. The molecule has 5 heteroatoms. The van der Waals surface area contributed by atoms with E-state index < -0.39 is 0 Å². The molecule has 2 heterocycles. The summed E-state index contributed by atoms with van der Waals surface area (Å²) in [4.78, 5) is 4.30. The van der Waals surface area contributed by atoms with Crippen molar-refractivity contribution >= 4 is 5.82 Å². The number of pyridine rings is 1. The van der Waals surface area contributed by atoms with E-state index in [1.54, 1.807) is 19.5 Å². The molecule has 0 aliphatic heterocycles. The van der Waals surface area contributed by atoms with Crippen molar-refractivity contribution < 1.29 is 4.74 Å². The quantitative estimate of drug-likeness (QED) is 0.780. The largest absolute Gasteiger partial charge is 0.493 e. The van der Waals surface area contributed by atoms with Crippen LogP contribution in [0.1, 0.15) is 5.56 Å². The minimum Gasteiger partial charge on any atom is -0.493 e. The minimum absolute atomic E-state index is 0.642. The number of nitrogens with zero attached hydrogens (tertiary/aromatic N) is 3. The molecule has 0 spiro atoms. The highest BCUT2D eigenvalue weighted by molar-refractivity contribution is 5.51. The standard InChI is InChI=1S/C16H16N4O/c1-21-15-8-4-9-17-16(15)18-12-13-6-2-3-7-14(13)20-11-5-10-19-20/h2-11H,12H2,1H3,(H,17,18). The summed E-state index contributed by atoms with van der Waals surface area (Å²) in [7, 11) is 1.64. The number of hydrogen-bond donors (Lipinski definition) is 1. The van der Waals surface area contributed by atoms with Crippen molar-refractivity contribution in [3.05, 3.63) is 66.6 Å². The van der Waals surface area contributed by atoms with Gasteiger partial charge in [-0.3, -0.25) is 0 Å². The van der Waals surface area contributed by atoms with Gasteiger partial charge in [-0.1, -0.05) is 18.2 Å². The molecule has 5 nitrogen and oxygen atoms in total. The molecule has 0 atom stereocenters. The van der Waals surface area contributed by atoms with E-state index in [2.05, 4.69) is 21.5 Å². The molecule has 106 valence electrons. The van der Waals surface area contributed by atoms with E-state index in [1.807, 2.05) is 47.3 Å². The maximum absolute atomic E-state index is 5.29. The van der Waals surface area contributed by atoms with E-state index in [4.69, 9.17) is 4.74 Å². The summed E-state index contributed by atoms with van der Waals surface area (Å²) in [6, 6.07) is 13.8. The Labute approximate surface area is 123 Å². The predicted octanol–water partition coefficient (Wildman–Crippen LogP) is 2.89. The van der Waals surface area contributed by atoms with Crippen molar-refractivity contribution in [2.24, 2.45) is 0 Å². The third-order valence-electron chi connectivity index (χ3n) is 3.18. The highest BCUT2D eigenvalue weighted by Gasteiger charge is 2.06. The fraction of sp³-hybridized carbons (Fsp3) is 0.125. The minimum atomic E-state index is 0.642. The molecule has 1 aromatic carbocycles. The zero-order chi connectivity index (χ0) is 14.5. The molecule has 0 radical (unpaired) electrons. The first kappa shape index (κ1) is 13.2. The Kier molecular flexibility index (Phi) is 3.82. The van der Waals surface area contributed by atoms with Gasteiger partial charge in [0.1, 0.15) is 0 Å². The second kappa shape index (κ2) is 6.09. The first-order chi connectivity index (χ1) is 10.4. The van der Waals surface area contributed by atoms with E-state index in [0.717, 1.165) is 22.8 Å². The second-order valence-electron chi connectivity index (χ2n) is 4.49. The molecule has 0 aliphatic carbocycles. The van der Waals surface area contributed by atoms with Crippen LogP contribution in [-0.2, 0) is 6.54 Å². The van der Waals surface area contributed by atoms with E-state index in [1.165, 1.54) is 0 Å². The van der Waals surface area contributed by atoms with Crippen molar-refractivity contribution in [2.75, 3.05) is 12.4 Å². The van der Waals surface area contributed by atoms with Crippen molar-refractivity contribution in [3.8, 4) is 11.4 Å². The number of hydrogen-bond acceptors (Lipinski definition) is 4. The van der Waals surface area contributed by atoms with Crippen LogP contribution >= 0.6 is 0 Å². The molecule has 0 aliphatic rings. The summed E-state index contributed by atoms with van der Waals surface area (Å²) < 4.78 is 7.15. The maximum Gasteiger partial charge on any atom is 0.168 e. The van der Waals surface area contributed by atoms with Gasteiger partial charge in [0, 0.05) is 25.1 Å². The van der Waals surface area contributed by atoms with Crippen LogP contribution in [0.3, 0.4) is 0 Å². The Balaban J connectivity index is 1.83. The van der Waals surface area contributed by atoms with Crippen LogP contribution < -0.4 is 10.1 Å². The molecular formula is C16H16N4O. The third-order valence-corrected chi connectivity index (χ3v) is 3.18. The third kappa shape index (κ3) is 2.86. The number of para-hydroxylation sites is 1. The van der Waals surface area contributed by atoms with Crippen LogP contribution in [0.2, 0.25) is 0 Å². The lowest BCUT2D eigenvalue weighted by atomic mass is 10.2. The van der Waals surface area contributed by atoms with Crippen molar-refractivity contribution in [2.45, 2.75) is 6.54 Å². The summed E-state index contributed by atoms with van der Waals surface area (Å²) >= 11 is 0. The number of aromatic nitrogens is 3. The predicted molar refractivity (Wildman–Crippen MR) is 81.7 cm³/mol. The molecule has 3 aromatic rings. The van der Waals surface area contributed by atoms with Gasteiger partial charge in [0.15, 0.2) is 11.6 Å². The van der Waals surface area contributed by atoms with Gasteiger partial charge < -0.3 is 10.1 Å². The monoisotopic (exact) mass is 280 g/mol. The molecule has 3 rings (SSSR count). The molecule has 2 aromatic heterocycles. The van der Waals surface area contributed by atoms with Crippen molar-refractivity contribution in [3.63, 3.8) is 0 Å². The molecule has 1 N–H and O–H groups in total. The second-order valence-corrected chi connectivity index (χ2v) is 4.49. The topological polar surface area (TPSA) is 52.0 Å². The fourth-order valence-corrected chi connectivity index (χ4v) is 2.16. The van der Waals surface area contributed by atoms with E-state index >= 15 is 0 Å². The molecule has 0 saturated carbocycles. The lowest BCUT2D eigenvalue weighted by Crippen LogP contribution is -2.07. The lowest BCUT2D eigenvalue weighted by Gasteiger charge is -2.12. The SMILES string of the molecule is COc1cccnc1NCc1ccccc1-n1cccn1. The highest BCUT2D eigenvalue weighted by atomic mass is 16.5. The first-order valence-corrected chi connectivity index (χ1v) is 6.69. The van der Waals surface area contributed by atoms with Gasteiger partial charge >= 0.3 is 0 Å². The molecule has 21 heavy (non-hydrogen) atoms. The number of nitrogens with one attached hydrogen (secondary N) is 1. The summed E-state index contributed by atoms with van der Waals surface area (Å²) in [5.74, 6) is 1.46. The van der Waals surface area contributed by atoms with Crippen LogP contribution in [0.15, 0.2) is 61.1 Å². The van der Waals surface area contributed by atoms with Gasteiger partial charge in [0.05, 0.1) is 12.8 Å². The summed E-state index contributed by atoms with van der Waals surface area (Å²) in [5, 5.41) is 7.59. The van der Waals surface area contributed by atoms with Gasteiger partial charge in [0.25, 0.3) is 0 Å². The Bertz CT molecular complexity index is 710. The lowest BCUT2D eigenvalue weighted by molar-refractivity contribution is 0.415. The molecule has 0 amide bonds. The summed E-state index contributed by atoms with van der Waals surface area (Å²) in [5.41, 5.74) is 2.18. The zero-order valence-corrected chi connectivity index (χ0v) is 11.7. The number of benzene rings is 1. The number of ether oxygens (including phenoxy) is 1. The van der Waals surface area contributed by atoms with Gasteiger partial charge in [-0.25, -0.2) is 9.67 Å². The van der Waals surface area contributed by atoms with Crippen LogP contribution in [0.25, 0.3) is 5.69 Å². The van der Waals surface area contributed by atoms with E-state index in [-0.39, 0.29) is 0 Å². The summed E-state index contributed by atoms with van der Waals surface area (Å²) in [6.07, 6.45) is 5.44. The average molecular weight is 280 g/mol. The fourth-order valence-electron chi connectivity index (χ4n) is 2.16. The molecule has 0 unspecified atom stereocenters. The van der Waals surface area contributed by atoms with Crippen LogP contribution in [0.4, 0.5) is 5.82 Å². The zero-order valence-electron chi connectivity index (χ0n) is 11.7. The van der Waals surface area contributed by atoms with Gasteiger partial charge in [-0.2, -0.15) is 5.10 Å².